The number of aromatic nitrogens is 1. The maximum absolute atomic E-state index is 13.0. The number of halogens is 3. The second-order valence-electron chi connectivity index (χ2n) is 7.92. The smallest absolute Gasteiger partial charge is 0.381 e. The van der Waals surface area contributed by atoms with E-state index in [1.165, 1.54) is 11.2 Å². The summed E-state index contributed by atoms with van der Waals surface area (Å²) < 4.78 is 71.3. The van der Waals surface area contributed by atoms with Gasteiger partial charge in [-0.25, -0.2) is 13.4 Å². The van der Waals surface area contributed by atoms with Crippen molar-refractivity contribution in [1.82, 2.24) is 14.2 Å². The fourth-order valence-electron chi connectivity index (χ4n) is 4.65. The molecule has 3 aliphatic rings. The van der Waals surface area contributed by atoms with Crippen LogP contribution in [0.5, 0.6) is 0 Å². The van der Waals surface area contributed by atoms with Gasteiger partial charge in [-0.3, -0.25) is 4.90 Å². The number of hydrogen-bond acceptors (Lipinski definition) is 5. The van der Waals surface area contributed by atoms with Crippen LogP contribution in [0, 0.1) is 18.8 Å². The molecule has 0 aliphatic carbocycles. The van der Waals surface area contributed by atoms with Gasteiger partial charge in [0.05, 0.1) is 5.69 Å². The Morgan fingerprint density at radius 1 is 1.07 bits per heavy atom. The number of hydrogen-bond donors (Lipinski definition) is 0. The van der Waals surface area contributed by atoms with Crippen molar-refractivity contribution in [3.05, 3.63) is 23.5 Å². The van der Waals surface area contributed by atoms with E-state index in [0.717, 1.165) is 51.3 Å². The van der Waals surface area contributed by atoms with E-state index in [2.05, 4.69) is 9.88 Å². The molecule has 0 aromatic carbocycles. The SMILES string of the molecule is Cc1nc(C(F)(F)F)ccc1S(=O)(=O)N1C[C@@H]2CN(C3CCOCC3)C[C@H]2C1. The van der Waals surface area contributed by atoms with E-state index in [0.29, 0.717) is 19.1 Å². The number of alkyl halides is 3. The molecule has 0 radical (unpaired) electrons. The van der Waals surface area contributed by atoms with Crippen LogP contribution in [0.4, 0.5) is 13.2 Å². The van der Waals surface area contributed by atoms with Crippen molar-refractivity contribution in [2.45, 2.75) is 36.9 Å². The first-order chi connectivity index (χ1) is 13.2. The van der Waals surface area contributed by atoms with Gasteiger partial charge in [-0.15, -0.1) is 0 Å². The zero-order chi connectivity index (χ0) is 20.1. The third-order valence-electron chi connectivity index (χ3n) is 6.13. The van der Waals surface area contributed by atoms with Crippen molar-refractivity contribution in [2.24, 2.45) is 11.8 Å². The number of likely N-dealkylation sites (tertiary alicyclic amines) is 1. The molecular formula is C18H24F3N3O3S. The first-order valence-electron chi connectivity index (χ1n) is 9.53. The molecule has 6 nitrogen and oxygen atoms in total. The second kappa shape index (κ2) is 7.23. The van der Waals surface area contributed by atoms with E-state index in [9.17, 15) is 21.6 Å². The minimum Gasteiger partial charge on any atom is -0.381 e. The molecule has 3 fully saturated rings. The molecule has 0 spiro atoms. The van der Waals surface area contributed by atoms with E-state index < -0.39 is 21.9 Å². The Morgan fingerprint density at radius 2 is 1.68 bits per heavy atom. The molecule has 4 rings (SSSR count). The van der Waals surface area contributed by atoms with Crippen LogP contribution in [-0.2, 0) is 20.9 Å². The van der Waals surface area contributed by atoms with Crippen molar-refractivity contribution in [3.63, 3.8) is 0 Å². The summed E-state index contributed by atoms with van der Waals surface area (Å²) in [6.45, 7) is 5.41. The predicted octanol–water partition coefficient (Wildman–Crippen LogP) is 2.14. The third-order valence-corrected chi connectivity index (χ3v) is 8.10. The lowest BCUT2D eigenvalue weighted by Crippen LogP contribution is -2.40. The van der Waals surface area contributed by atoms with Gasteiger partial charge in [-0.05, 0) is 43.7 Å². The Balaban J connectivity index is 1.46. The lowest BCUT2D eigenvalue weighted by molar-refractivity contribution is -0.141. The Bertz CT molecular complexity index is 826. The first kappa shape index (κ1) is 20.1. The molecule has 1 aromatic rings. The predicted molar refractivity (Wildman–Crippen MR) is 95.1 cm³/mol. The molecule has 4 heterocycles. The number of fused-ring (bicyclic) bond motifs is 1. The fourth-order valence-corrected chi connectivity index (χ4v) is 6.36. The van der Waals surface area contributed by atoms with Gasteiger partial charge in [-0.1, -0.05) is 0 Å². The fraction of sp³-hybridized carbons (Fsp3) is 0.722. The first-order valence-corrected chi connectivity index (χ1v) is 11.0. The van der Waals surface area contributed by atoms with E-state index in [1.807, 2.05) is 0 Å². The van der Waals surface area contributed by atoms with Crippen molar-refractivity contribution in [1.29, 1.82) is 0 Å². The maximum atomic E-state index is 13.0. The minimum absolute atomic E-state index is 0.115. The maximum Gasteiger partial charge on any atom is 0.433 e. The average molecular weight is 419 g/mol. The summed E-state index contributed by atoms with van der Waals surface area (Å²) in [6.07, 6.45) is -2.57. The Kier molecular flexibility index (Phi) is 5.18. The Labute approximate surface area is 162 Å². The Hall–Kier alpha value is -1.23. The third kappa shape index (κ3) is 3.67. The van der Waals surface area contributed by atoms with E-state index in [-0.39, 0.29) is 22.4 Å². The summed E-state index contributed by atoms with van der Waals surface area (Å²) in [5.41, 5.74) is -1.19. The van der Waals surface area contributed by atoms with Crippen LogP contribution in [0.2, 0.25) is 0 Å². The van der Waals surface area contributed by atoms with E-state index in [4.69, 9.17) is 4.74 Å². The van der Waals surface area contributed by atoms with Crippen LogP contribution in [0.1, 0.15) is 24.2 Å². The molecule has 0 amide bonds. The number of ether oxygens (including phenoxy) is 1. The standard InChI is InChI=1S/C18H24F3N3O3S/c1-12-16(2-3-17(22-12)18(19,20)21)28(25,26)24-10-13-8-23(9-14(13)11-24)15-4-6-27-7-5-15/h2-3,13-15H,4-11H2,1H3/t13-,14-/m0/s1. The molecule has 10 heteroatoms. The van der Waals surface area contributed by atoms with Gasteiger partial charge in [0.2, 0.25) is 10.0 Å². The molecule has 156 valence electrons. The Morgan fingerprint density at radius 3 is 2.21 bits per heavy atom. The van der Waals surface area contributed by atoms with Crippen molar-refractivity contribution in [2.75, 3.05) is 39.4 Å². The topological polar surface area (TPSA) is 62.7 Å². The molecule has 1 aromatic heterocycles. The monoisotopic (exact) mass is 419 g/mol. The number of aryl methyl sites for hydroxylation is 1. The number of sulfonamides is 1. The van der Waals surface area contributed by atoms with Crippen LogP contribution >= 0.6 is 0 Å². The molecule has 0 unspecified atom stereocenters. The number of nitrogens with zero attached hydrogens (tertiary/aromatic N) is 3. The van der Waals surface area contributed by atoms with Gasteiger partial charge in [-0.2, -0.15) is 17.5 Å². The largest absolute Gasteiger partial charge is 0.433 e. The number of pyridine rings is 1. The van der Waals surface area contributed by atoms with Gasteiger partial charge < -0.3 is 4.74 Å². The van der Waals surface area contributed by atoms with Crippen molar-refractivity contribution < 1.29 is 26.3 Å². The van der Waals surface area contributed by atoms with Gasteiger partial charge >= 0.3 is 6.18 Å². The van der Waals surface area contributed by atoms with E-state index in [1.54, 1.807) is 0 Å². The van der Waals surface area contributed by atoms with Crippen LogP contribution in [0.3, 0.4) is 0 Å². The van der Waals surface area contributed by atoms with Crippen molar-refractivity contribution >= 4 is 10.0 Å². The highest BCUT2D eigenvalue weighted by atomic mass is 32.2. The molecule has 28 heavy (non-hydrogen) atoms. The molecular weight excluding hydrogens is 395 g/mol. The quantitative estimate of drug-likeness (QED) is 0.751. The van der Waals surface area contributed by atoms with Gasteiger partial charge in [0.1, 0.15) is 10.6 Å². The summed E-state index contributed by atoms with van der Waals surface area (Å²) in [5.74, 6) is 0.528. The number of rotatable bonds is 3. The molecule has 0 saturated carbocycles. The zero-order valence-corrected chi connectivity index (χ0v) is 16.5. The van der Waals surface area contributed by atoms with Gasteiger partial charge in [0.15, 0.2) is 0 Å². The van der Waals surface area contributed by atoms with Crippen LogP contribution in [0.25, 0.3) is 0 Å². The van der Waals surface area contributed by atoms with Gasteiger partial charge in [0.25, 0.3) is 0 Å². The molecule has 3 aliphatic heterocycles. The molecule has 0 N–H and O–H groups in total. The summed E-state index contributed by atoms with van der Waals surface area (Å²) >= 11 is 0. The highest BCUT2D eigenvalue weighted by Gasteiger charge is 2.46. The highest BCUT2D eigenvalue weighted by molar-refractivity contribution is 7.89. The van der Waals surface area contributed by atoms with E-state index >= 15 is 0 Å². The second-order valence-corrected chi connectivity index (χ2v) is 9.82. The summed E-state index contributed by atoms with van der Waals surface area (Å²) in [5, 5.41) is 0. The zero-order valence-electron chi connectivity index (χ0n) is 15.7. The van der Waals surface area contributed by atoms with Crippen LogP contribution in [-0.4, -0.2) is 68.0 Å². The van der Waals surface area contributed by atoms with Crippen molar-refractivity contribution in [3.8, 4) is 0 Å². The summed E-state index contributed by atoms with van der Waals surface area (Å²) in [4.78, 5) is 5.79. The molecule has 2 atom stereocenters. The lowest BCUT2D eigenvalue weighted by Gasteiger charge is -2.32. The summed E-state index contributed by atoms with van der Waals surface area (Å²) in [6, 6.07) is 2.28. The lowest BCUT2D eigenvalue weighted by atomic mass is 10.0. The van der Waals surface area contributed by atoms with Crippen LogP contribution < -0.4 is 0 Å². The van der Waals surface area contributed by atoms with Gasteiger partial charge in [0, 0.05) is 45.4 Å². The normalized spacial score (nSPS) is 28.0. The average Bonchev–Trinajstić information content (AvgIpc) is 3.21. The summed E-state index contributed by atoms with van der Waals surface area (Å²) in [7, 11) is -3.85. The molecule has 0 bridgehead atoms. The highest BCUT2D eigenvalue weighted by Crippen LogP contribution is 2.37. The minimum atomic E-state index is -4.59. The molecule has 3 saturated heterocycles. The van der Waals surface area contributed by atoms with Crippen LogP contribution in [0.15, 0.2) is 17.0 Å².